The molecule has 0 N–H and O–H groups in total. The Balaban J connectivity index is 2.30. The molecule has 21 heavy (non-hydrogen) atoms. The molecule has 0 aliphatic carbocycles. The predicted molar refractivity (Wildman–Crippen MR) is 82.8 cm³/mol. The summed E-state index contributed by atoms with van der Waals surface area (Å²) in [6.45, 7) is 2.03. The zero-order valence-electron chi connectivity index (χ0n) is 11.4. The SMILES string of the molecule is Cc1cccc(-n2c(-c3ccccc3)nsc2=NC#N)c1. The van der Waals surface area contributed by atoms with Crippen molar-refractivity contribution in [3.05, 3.63) is 65.0 Å². The van der Waals surface area contributed by atoms with Gasteiger partial charge in [0.2, 0.25) is 11.0 Å². The Morgan fingerprint density at radius 1 is 1.14 bits per heavy atom. The zero-order chi connectivity index (χ0) is 14.7. The van der Waals surface area contributed by atoms with Crippen molar-refractivity contribution in [2.45, 2.75) is 6.92 Å². The van der Waals surface area contributed by atoms with Crippen LogP contribution in [0.15, 0.2) is 59.6 Å². The van der Waals surface area contributed by atoms with E-state index in [4.69, 9.17) is 5.26 Å². The first-order valence-corrected chi connectivity index (χ1v) is 7.21. The lowest BCUT2D eigenvalue weighted by Crippen LogP contribution is -2.13. The van der Waals surface area contributed by atoms with Gasteiger partial charge in [-0.25, -0.2) is 0 Å². The molecule has 2 aromatic carbocycles. The van der Waals surface area contributed by atoms with Crippen molar-refractivity contribution >= 4 is 11.5 Å². The van der Waals surface area contributed by atoms with Gasteiger partial charge in [-0.05, 0) is 24.6 Å². The highest BCUT2D eigenvalue weighted by Gasteiger charge is 2.11. The van der Waals surface area contributed by atoms with Crippen LogP contribution in [0.1, 0.15) is 5.56 Å². The summed E-state index contributed by atoms with van der Waals surface area (Å²) in [5.74, 6) is 0.792. The van der Waals surface area contributed by atoms with Crippen molar-refractivity contribution in [3.63, 3.8) is 0 Å². The van der Waals surface area contributed by atoms with Crippen LogP contribution < -0.4 is 4.80 Å². The molecule has 0 amide bonds. The lowest BCUT2D eigenvalue weighted by atomic mass is 10.2. The third-order valence-electron chi connectivity index (χ3n) is 3.05. The number of nitrogens with zero attached hydrogens (tertiary/aromatic N) is 4. The van der Waals surface area contributed by atoms with E-state index in [2.05, 4.69) is 15.4 Å². The molecule has 0 fully saturated rings. The van der Waals surface area contributed by atoms with Crippen LogP contribution in [0.5, 0.6) is 0 Å². The predicted octanol–water partition coefficient (Wildman–Crippen LogP) is 3.29. The first-order chi connectivity index (χ1) is 10.3. The molecular formula is C16H12N4S. The number of rotatable bonds is 2. The minimum atomic E-state index is 0.571. The van der Waals surface area contributed by atoms with E-state index in [1.165, 1.54) is 11.5 Å². The second-order valence-corrected chi connectivity index (χ2v) is 5.27. The van der Waals surface area contributed by atoms with Crippen LogP contribution in [0.4, 0.5) is 0 Å². The average molecular weight is 292 g/mol. The molecule has 0 unspecified atom stereocenters. The van der Waals surface area contributed by atoms with Crippen molar-refractivity contribution in [2.24, 2.45) is 4.99 Å². The highest BCUT2D eigenvalue weighted by molar-refractivity contribution is 7.03. The second kappa shape index (κ2) is 5.73. The molecule has 0 saturated heterocycles. The highest BCUT2D eigenvalue weighted by Crippen LogP contribution is 2.20. The first kappa shape index (κ1) is 13.3. The molecule has 5 heteroatoms. The minimum Gasteiger partial charge on any atom is -0.267 e. The summed E-state index contributed by atoms with van der Waals surface area (Å²) in [5, 5.41) is 8.87. The number of hydrogen-bond donors (Lipinski definition) is 0. The third-order valence-corrected chi connectivity index (χ3v) is 3.76. The average Bonchev–Trinajstić information content (AvgIpc) is 2.92. The monoisotopic (exact) mass is 292 g/mol. The van der Waals surface area contributed by atoms with Crippen molar-refractivity contribution < 1.29 is 0 Å². The molecule has 1 heterocycles. The van der Waals surface area contributed by atoms with E-state index in [0.29, 0.717) is 4.80 Å². The molecule has 0 atom stereocenters. The second-order valence-electron chi connectivity index (χ2n) is 4.54. The van der Waals surface area contributed by atoms with Crippen molar-refractivity contribution in [3.8, 4) is 23.3 Å². The summed E-state index contributed by atoms with van der Waals surface area (Å²) < 4.78 is 6.38. The quantitative estimate of drug-likeness (QED) is 0.681. The molecular weight excluding hydrogens is 280 g/mol. The van der Waals surface area contributed by atoms with E-state index >= 15 is 0 Å². The molecule has 3 rings (SSSR count). The van der Waals surface area contributed by atoms with Crippen LogP contribution in [-0.2, 0) is 0 Å². The number of hydrogen-bond acceptors (Lipinski definition) is 4. The van der Waals surface area contributed by atoms with Gasteiger partial charge in [-0.15, -0.1) is 4.99 Å². The van der Waals surface area contributed by atoms with E-state index in [9.17, 15) is 0 Å². The van der Waals surface area contributed by atoms with Gasteiger partial charge in [0.25, 0.3) is 0 Å². The Labute approximate surface area is 126 Å². The summed E-state index contributed by atoms with van der Waals surface area (Å²) in [6.07, 6.45) is 1.85. The topological polar surface area (TPSA) is 54.0 Å². The Bertz CT molecular complexity index is 869. The van der Waals surface area contributed by atoms with E-state index in [-0.39, 0.29) is 0 Å². The molecule has 0 bridgehead atoms. The lowest BCUT2D eigenvalue weighted by molar-refractivity contribution is 0.994. The molecule has 102 valence electrons. The summed E-state index contributed by atoms with van der Waals surface area (Å²) in [4.78, 5) is 4.45. The lowest BCUT2D eigenvalue weighted by Gasteiger charge is -2.08. The molecule has 0 aliphatic heterocycles. The largest absolute Gasteiger partial charge is 0.267 e. The van der Waals surface area contributed by atoms with Crippen LogP contribution in [0, 0.1) is 18.4 Å². The molecule has 0 radical (unpaired) electrons. The van der Waals surface area contributed by atoms with Gasteiger partial charge in [0.1, 0.15) is 0 Å². The van der Waals surface area contributed by atoms with Crippen LogP contribution >= 0.6 is 11.5 Å². The van der Waals surface area contributed by atoms with Gasteiger partial charge in [0.05, 0.1) is 5.69 Å². The summed E-state index contributed by atoms with van der Waals surface area (Å²) in [5.41, 5.74) is 3.10. The Kier molecular flexibility index (Phi) is 3.63. The molecule has 3 aromatic rings. The number of aromatic nitrogens is 2. The van der Waals surface area contributed by atoms with Crippen LogP contribution in [0.25, 0.3) is 17.1 Å². The summed E-state index contributed by atoms with van der Waals surface area (Å²) >= 11 is 1.22. The number of nitriles is 1. The fraction of sp³-hybridized carbons (Fsp3) is 0.0625. The number of aryl methyl sites for hydroxylation is 1. The number of benzene rings is 2. The van der Waals surface area contributed by atoms with Crippen molar-refractivity contribution in [1.29, 1.82) is 5.26 Å². The zero-order valence-corrected chi connectivity index (χ0v) is 12.2. The minimum absolute atomic E-state index is 0.571. The van der Waals surface area contributed by atoms with E-state index in [1.54, 1.807) is 0 Å². The first-order valence-electron chi connectivity index (χ1n) is 6.43. The normalized spacial score (nSPS) is 11.3. The molecule has 4 nitrogen and oxygen atoms in total. The van der Waals surface area contributed by atoms with Gasteiger partial charge >= 0.3 is 0 Å². The standard InChI is InChI=1S/C16H12N4S/c1-12-6-5-9-14(10-12)20-15(13-7-3-2-4-8-13)19-21-16(20)18-11-17/h2-10H,1H3. The molecule has 0 saturated carbocycles. The van der Waals surface area contributed by atoms with E-state index in [0.717, 1.165) is 22.6 Å². The highest BCUT2D eigenvalue weighted by atomic mass is 32.1. The van der Waals surface area contributed by atoms with Gasteiger partial charge in [-0.2, -0.15) is 9.64 Å². The van der Waals surface area contributed by atoms with E-state index < -0.39 is 0 Å². The fourth-order valence-corrected chi connectivity index (χ4v) is 2.85. The molecule has 0 aliphatic rings. The van der Waals surface area contributed by atoms with Gasteiger partial charge in [-0.3, -0.25) is 4.57 Å². The summed E-state index contributed by atoms with van der Waals surface area (Å²) in [7, 11) is 0. The van der Waals surface area contributed by atoms with Gasteiger partial charge in [0.15, 0.2) is 5.82 Å². The van der Waals surface area contributed by atoms with E-state index in [1.807, 2.05) is 66.2 Å². The maximum absolute atomic E-state index is 8.87. The Hall–Kier alpha value is -2.71. The fourth-order valence-electron chi connectivity index (χ4n) is 2.14. The van der Waals surface area contributed by atoms with Crippen LogP contribution in [0.2, 0.25) is 0 Å². The molecule has 1 aromatic heterocycles. The Morgan fingerprint density at radius 2 is 1.95 bits per heavy atom. The van der Waals surface area contributed by atoms with Crippen molar-refractivity contribution in [2.75, 3.05) is 0 Å². The smallest absolute Gasteiger partial charge is 0.224 e. The Morgan fingerprint density at radius 3 is 2.67 bits per heavy atom. The van der Waals surface area contributed by atoms with Gasteiger partial charge in [-0.1, -0.05) is 42.5 Å². The maximum Gasteiger partial charge on any atom is 0.224 e. The van der Waals surface area contributed by atoms with Gasteiger partial charge in [0, 0.05) is 17.1 Å². The summed E-state index contributed by atoms with van der Waals surface area (Å²) in [6, 6.07) is 18.0. The van der Waals surface area contributed by atoms with Crippen molar-refractivity contribution in [1.82, 2.24) is 8.94 Å². The maximum atomic E-state index is 8.87. The van der Waals surface area contributed by atoms with Crippen LogP contribution in [0.3, 0.4) is 0 Å². The molecule has 0 spiro atoms. The van der Waals surface area contributed by atoms with Crippen LogP contribution in [-0.4, -0.2) is 8.94 Å². The van der Waals surface area contributed by atoms with Gasteiger partial charge < -0.3 is 0 Å². The third kappa shape index (κ3) is 2.62.